The maximum atomic E-state index is 6.28. The van der Waals surface area contributed by atoms with Crippen molar-refractivity contribution in [3.8, 4) is 17.0 Å². The van der Waals surface area contributed by atoms with Gasteiger partial charge in [0.15, 0.2) is 5.65 Å². The smallest absolute Gasteiger partial charge is 0.177 e. The molecule has 5 aromatic rings. The highest BCUT2D eigenvalue weighted by atomic mass is 16.5. The molecule has 1 aromatic carbocycles. The number of ether oxygens (including phenoxy) is 1. The number of piperidine rings is 1. The van der Waals surface area contributed by atoms with Crippen molar-refractivity contribution in [1.29, 1.82) is 0 Å². The lowest BCUT2D eigenvalue weighted by Crippen LogP contribution is -2.32. The van der Waals surface area contributed by atoms with Crippen molar-refractivity contribution in [2.45, 2.75) is 18.8 Å². The summed E-state index contributed by atoms with van der Waals surface area (Å²) in [5.41, 5.74) is 11.0. The number of aryl methyl sites for hydroxylation is 1. The second kappa shape index (κ2) is 7.72. The van der Waals surface area contributed by atoms with Gasteiger partial charge in [-0.25, -0.2) is 9.97 Å². The van der Waals surface area contributed by atoms with Gasteiger partial charge in [-0.2, -0.15) is 5.10 Å². The van der Waals surface area contributed by atoms with Crippen LogP contribution < -0.4 is 15.4 Å². The zero-order valence-electron chi connectivity index (χ0n) is 20.1. The number of anilines is 1. The van der Waals surface area contributed by atoms with Gasteiger partial charge in [0.25, 0.3) is 0 Å². The summed E-state index contributed by atoms with van der Waals surface area (Å²) in [5.74, 6) is 3.40. The first kappa shape index (κ1) is 21.3. The predicted octanol–water partition coefficient (Wildman–Crippen LogP) is 3.23. The van der Waals surface area contributed by atoms with Gasteiger partial charge in [-0.15, -0.1) is 0 Å². The molecular weight excluding hydrogens is 456 g/mol. The first-order chi connectivity index (χ1) is 17.6. The molecule has 1 saturated heterocycles. The van der Waals surface area contributed by atoms with Crippen LogP contribution in [0.1, 0.15) is 17.9 Å². The normalized spacial score (nSPS) is 23.2. The van der Waals surface area contributed by atoms with E-state index in [0.29, 0.717) is 24.0 Å². The van der Waals surface area contributed by atoms with Crippen molar-refractivity contribution >= 4 is 27.9 Å². The van der Waals surface area contributed by atoms with E-state index in [1.807, 2.05) is 43.6 Å². The van der Waals surface area contributed by atoms with E-state index >= 15 is 0 Å². The van der Waals surface area contributed by atoms with Gasteiger partial charge in [0.2, 0.25) is 0 Å². The predicted molar refractivity (Wildman–Crippen MR) is 135 cm³/mol. The number of hydrogen-bond donors (Lipinski definition) is 2. The van der Waals surface area contributed by atoms with E-state index in [9.17, 15) is 0 Å². The Kier molecular flexibility index (Phi) is 4.56. The molecule has 3 N–H and O–H groups in total. The molecule has 2 aliphatic rings. The Morgan fingerprint density at radius 3 is 2.92 bits per heavy atom. The van der Waals surface area contributed by atoms with E-state index in [1.165, 1.54) is 0 Å². The summed E-state index contributed by atoms with van der Waals surface area (Å²) in [7, 11) is 1.65. The number of rotatable bonds is 5. The molecule has 10 nitrogen and oxygen atoms in total. The van der Waals surface area contributed by atoms with Gasteiger partial charge in [0.05, 0.1) is 24.5 Å². The average molecular weight is 483 g/mol. The second-order valence-corrected chi connectivity index (χ2v) is 9.80. The molecule has 0 amide bonds. The van der Waals surface area contributed by atoms with Crippen LogP contribution >= 0.6 is 0 Å². The second-order valence-electron chi connectivity index (χ2n) is 9.80. The Labute approximate surface area is 206 Å². The zero-order valence-corrected chi connectivity index (χ0v) is 20.1. The van der Waals surface area contributed by atoms with Crippen LogP contribution in [0.15, 0.2) is 47.2 Å². The fraction of sp³-hybridized carbons (Fsp3) is 0.346. The lowest BCUT2D eigenvalue weighted by Gasteiger charge is -2.26. The van der Waals surface area contributed by atoms with Crippen molar-refractivity contribution in [2.75, 3.05) is 31.6 Å². The number of H-pyrrole nitrogens is 1. The summed E-state index contributed by atoms with van der Waals surface area (Å²) in [5, 5.41) is 12.9. The third-order valence-corrected chi connectivity index (χ3v) is 8.02. The van der Waals surface area contributed by atoms with Crippen molar-refractivity contribution in [1.82, 2.24) is 30.3 Å². The Bertz CT molecular complexity index is 1610. The molecule has 4 aromatic heterocycles. The molecule has 3 atom stereocenters. The number of methoxy groups -OCH3 is 1. The number of nitrogens with one attached hydrogen (secondary N) is 1. The van der Waals surface area contributed by atoms with E-state index < -0.39 is 0 Å². The van der Waals surface area contributed by atoms with Crippen LogP contribution in [0.5, 0.6) is 5.75 Å². The van der Waals surface area contributed by atoms with E-state index in [2.05, 4.69) is 31.3 Å². The van der Waals surface area contributed by atoms with E-state index in [4.69, 9.17) is 25.0 Å². The molecule has 0 radical (unpaired) electrons. The van der Waals surface area contributed by atoms with Crippen LogP contribution in [0.3, 0.4) is 0 Å². The van der Waals surface area contributed by atoms with Crippen LogP contribution in [0.2, 0.25) is 0 Å². The SMILES string of the molecule is COc1ccc2cc(-c3n[nH]c4nc(N5CC[C@@H]6[C@H](C5)[C@@]6(CN)c5cc(C)on5)cnc34)cnc2c1. The highest BCUT2D eigenvalue weighted by molar-refractivity contribution is 5.91. The Hall–Kier alpha value is -4.05. The summed E-state index contributed by atoms with van der Waals surface area (Å²) in [6.07, 6.45) is 4.69. The topological polar surface area (TPSA) is 132 Å². The first-order valence-corrected chi connectivity index (χ1v) is 12.1. The van der Waals surface area contributed by atoms with Crippen LogP contribution in [0.4, 0.5) is 5.82 Å². The van der Waals surface area contributed by atoms with Gasteiger partial charge in [0.1, 0.15) is 28.5 Å². The first-order valence-electron chi connectivity index (χ1n) is 12.1. The fourth-order valence-electron chi connectivity index (χ4n) is 6.06. The molecule has 2 fully saturated rings. The lowest BCUT2D eigenvalue weighted by atomic mass is 9.97. The number of aromatic amines is 1. The zero-order chi connectivity index (χ0) is 24.4. The molecule has 1 aliphatic heterocycles. The van der Waals surface area contributed by atoms with E-state index in [0.717, 1.165) is 70.2 Å². The number of fused-ring (bicyclic) bond motifs is 3. The van der Waals surface area contributed by atoms with Crippen LogP contribution in [0.25, 0.3) is 33.3 Å². The third kappa shape index (κ3) is 3.03. The number of nitrogens with two attached hydrogens (primary N) is 1. The molecule has 0 spiro atoms. The number of benzene rings is 1. The molecule has 0 unspecified atom stereocenters. The summed E-state index contributed by atoms with van der Waals surface area (Å²) >= 11 is 0. The minimum atomic E-state index is -0.0989. The molecule has 1 saturated carbocycles. The number of aromatic nitrogens is 6. The maximum Gasteiger partial charge on any atom is 0.177 e. The minimum absolute atomic E-state index is 0.0989. The highest BCUT2D eigenvalue weighted by Gasteiger charge is 2.67. The fourth-order valence-corrected chi connectivity index (χ4v) is 6.06. The van der Waals surface area contributed by atoms with Gasteiger partial charge in [-0.1, -0.05) is 5.16 Å². The quantitative estimate of drug-likeness (QED) is 0.387. The molecular formula is C26H26N8O2. The summed E-state index contributed by atoms with van der Waals surface area (Å²) in [6, 6.07) is 9.93. The number of nitrogens with zero attached hydrogens (tertiary/aromatic N) is 6. The standard InChI is InChI=1S/C26H26N8O2/c1-14-7-21(33-36-14)26(13-27)18-5-6-34(12-19(18)26)22-11-29-24-23(31-32-25(24)30-22)16-8-15-3-4-17(35-2)9-20(15)28-10-16/h3-4,7-11,18-19H,5-6,12-13,27H2,1-2H3,(H,30,31,32)/t18-,19+,26+/m1/s1. The van der Waals surface area contributed by atoms with Crippen LogP contribution in [-0.4, -0.2) is 57.1 Å². The van der Waals surface area contributed by atoms with Crippen molar-refractivity contribution in [3.63, 3.8) is 0 Å². The van der Waals surface area contributed by atoms with Gasteiger partial charge in [-0.05, 0) is 43.4 Å². The average Bonchev–Trinajstić information content (AvgIpc) is 3.17. The molecule has 36 heavy (non-hydrogen) atoms. The van der Waals surface area contributed by atoms with Crippen molar-refractivity contribution in [2.24, 2.45) is 17.6 Å². The third-order valence-electron chi connectivity index (χ3n) is 8.02. The summed E-state index contributed by atoms with van der Waals surface area (Å²) in [6.45, 7) is 4.27. The molecule has 5 heterocycles. The van der Waals surface area contributed by atoms with Gasteiger partial charge in [-0.3, -0.25) is 10.1 Å². The molecule has 1 aliphatic carbocycles. The highest BCUT2D eigenvalue weighted by Crippen LogP contribution is 2.62. The van der Waals surface area contributed by atoms with E-state index in [1.54, 1.807) is 7.11 Å². The monoisotopic (exact) mass is 482 g/mol. The lowest BCUT2D eigenvalue weighted by molar-refractivity contribution is 0.379. The van der Waals surface area contributed by atoms with Crippen LogP contribution in [-0.2, 0) is 5.41 Å². The molecule has 182 valence electrons. The largest absolute Gasteiger partial charge is 0.497 e. The molecule has 0 bridgehead atoms. The minimum Gasteiger partial charge on any atom is -0.497 e. The van der Waals surface area contributed by atoms with E-state index in [-0.39, 0.29) is 5.41 Å². The molecule has 7 rings (SSSR count). The van der Waals surface area contributed by atoms with Gasteiger partial charge < -0.3 is 19.9 Å². The maximum absolute atomic E-state index is 6.28. The Balaban J connectivity index is 1.17. The van der Waals surface area contributed by atoms with Crippen molar-refractivity contribution < 1.29 is 9.26 Å². The summed E-state index contributed by atoms with van der Waals surface area (Å²) in [4.78, 5) is 16.5. The summed E-state index contributed by atoms with van der Waals surface area (Å²) < 4.78 is 10.7. The van der Waals surface area contributed by atoms with Gasteiger partial charge in [0, 0.05) is 54.3 Å². The number of hydrogen-bond acceptors (Lipinski definition) is 9. The number of pyridine rings is 1. The van der Waals surface area contributed by atoms with Gasteiger partial charge >= 0.3 is 0 Å². The Morgan fingerprint density at radius 2 is 2.11 bits per heavy atom. The Morgan fingerprint density at radius 1 is 1.19 bits per heavy atom. The van der Waals surface area contributed by atoms with Crippen molar-refractivity contribution in [3.05, 3.63) is 54.2 Å². The van der Waals surface area contributed by atoms with Crippen LogP contribution in [0, 0.1) is 18.8 Å². The molecule has 10 heteroatoms.